The minimum absolute atomic E-state index is 0.00936. The van der Waals surface area contributed by atoms with Crippen molar-refractivity contribution in [2.24, 2.45) is 0 Å². The number of halogens is 4. The fourth-order valence-corrected chi connectivity index (χ4v) is 3.52. The van der Waals surface area contributed by atoms with Gasteiger partial charge in [0.15, 0.2) is 5.76 Å². The molecule has 1 heterocycles. The monoisotopic (exact) mass is 448 g/mol. The molecule has 4 rings (SSSR count). The van der Waals surface area contributed by atoms with Crippen molar-refractivity contribution in [2.75, 3.05) is 0 Å². The van der Waals surface area contributed by atoms with E-state index in [-0.39, 0.29) is 28.7 Å². The largest absolute Gasteiger partial charge is 0.489 e. The number of Topliss-reactive ketones (excluding diaryl/α,β-unsaturated/α-hetero) is 1. The highest BCUT2D eigenvalue weighted by molar-refractivity contribution is 6.35. The van der Waals surface area contributed by atoms with Crippen LogP contribution in [0, 0.1) is 5.82 Å². The van der Waals surface area contributed by atoms with Crippen molar-refractivity contribution in [3.05, 3.63) is 97.9 Å². The Hall–Kier alpha value is -2.53. The molecule has 3 nitrogen and oxygen atoms in total. The number of hydrogen-bond donors (Lipinski definition) is 0. The third-order valence-electron chi connectivity index (χ3n) is 4.33. The molecule has 0 aliphatic carbocycles. The van der Waals surface area contributed by atoms with Gasteiger partial charge in [-0.15, -0.1) is 0 Å². The zero-order valence-electron chi connectivity index (χ0n) is 14.7. The van der Waals surface area contributed by atoms with Crippen molar-refractivity contribution in [1.82, 2.24) is 0 Å². The number of rotatable bonds is 4. The molecule has 0 fully saturated rings. The van der Waals surface area contributed by atoms with Crippen LogP contribution in [0.25, 0.3) is 6.08 Å². The van der Waals surface area contributed by atoms with Crippen LogP contribution in [0.5, 0.6) is 11.5 Å². The summed E-state index contributed by atoms with van der Waals surface area (Å²) in [6.07, 6.45) is 1.30. The minimum atomic E-state index is -0.541. The molecule has 1 aliphatic heterocycles. The maximum Gasteiger partial charge on any atom is 0.231 e. The number of carbonyl (C=O) groups excluding carboxylic acids is 1. The Labute approximate surface area is 181 Å². The molecular formula is C22H12Cl3FO3. The first-order valence-electron chi connectivity index (χ1n) is 8.51. The number of benzene rings is 3. The van der Waals surface area contributed by atoms with E-state index in [4.69, 9.17) is 44.3 Å². The molecule has 0 saturated carbocycles. The lowest BCUT2D eigenvalue weighted by Gasteiger charge is -2.09. The smallest absolute Gasteiger partial charge is 0.231 e. The molecule has 0 N–H and O–H groups in total. The Morgan fingerprint density at radius 3 is 2.59 bits per heavy atom. The lowest BCUT2D eigenvalue weighted by Crippen LogP contribution is -1.99. The van der Waals surface area contributed by atoms with Crippen molar-refractivity contribution < 1.29 is 18.7 Å². The summed E-state index contributed by atoms with van der Waals surface area (Å²) in [7, 11) is 0. The highest BCUT2D eigenvalue weighted by Crippen LogP contribution is 2.36. The van der Waals surface area contributed by atoms with Crippen LogP contribution >= 0.6 is 34.8 Å². The van der Waals surface area contributed by atoms with Gasteiger partial charge in [-0.2, -0.15) is 0 Å². The van der Waals surface area contributed by atoms with Gasteiger partial charge >= 0.3 is 0 Å². The number of fused-ring (bicyclic) bond motifs is 1. The SMILES string of the molecule is O=C1C(=Cc2c(F)cccc2Cl)Oc2cc(OCc3ccc(Cl)cc3Cl)ccc21. The van der Waals surface area contributed by atoms with Crippen LogP contribution < -0.4 is 9.47 Å². The van der Waals surface area contributed by atoms with Crippen LogP contribution in [0.15, 0.2) is 60.4 Å². The maximum atomic E-state index is 14.0. The summed E-state index contributed by atoms with van der Waals surface area (Å²) in [5.74, 6) is -0.0844. The first kappa shape index (κ1) is 19.8. The summed E-state index contributed by atoms with van der Waals surface area (Å²) >= 11 is 18.1. The van der Waals surface area contributed by atoms with Gasteiger partial charge in [0.25, 0.3) is 0 Å². The second-order valence-corrected chi connectivity index (χ2v) is 7.51. The number of allylic oxidation sites excluding steroid dienone is 1. The molecule has 0 aromatic heterocycles. The van der Waals surface area contributed by atoms with Gasteiger partial charge in [0.2, 0.25) is 5.78 Å². The second-order valence-electron chi connectivity index (χ2n) is 6.26. The lowest BCUT2D eigenvalue weighted by atomic mass is 10.1. The highest BCUT2D eigenvalue weighted by Gasteiger charge is 2.28. The molecule has 0 spiro atoms. The van der Waals surface area contributed by atoms with E-state index in [0.29, 0.717) is 27.1 Å². The fourth-order valence-electron chi connectivity index (χ4n) is 2.84. The van der Waals surface area contributed by atoms with Gasteiger partial charge in [-0.05, 0) is 42.5 Å². The molecule has 146 valence electrons. The van der Waals surface area contributed by atoms with E-state index in [1.54, 1.807) is 36.4 Å². The van der Waals surface area contributed by atoms with Gasteiger partial charge in [-0.1, -0.05) is 46.9 Å². The molecular weight excluding hydrogens is 438 g/mol. The standard InChI is InChI=1S/C22H12Cl3FO3/c23-13-5-4-12(18(25)8-13)11-28-14-6-7-15-20(9-14)29-21(22(15)27)10-16-17(24)2-1-3-19(16)26/h1-10H,11H2. The molecule has 0 radical (unpaired) electrons. The van der Waals surface area contributed by atoms with Gasteiger partial charge < -0.3 is 9.47 Å². The van der Waals surface area contributed by atoms with E-state index < -0.39 is 5.82 Å². The summed E-state index contributed by atoms with van der Waals surface area (Å²) < 4.78 is 25.4. The van der Waals surface area contributed by atoms with Crippen molar-refractivity contribution in [2.45, 2.75) is 6.61 Å². The quantitative estimate of drug-likeness (QED) is 0.403. The van der Waals surface area contributed by atoms with Gasteiger partial charge in [0.1, 0.15) is 23.9 Å². The van der Waals surface area contributed by atoms with Gasteiger partial charge in [-0.3, -0.25) is 4.79 Å². The summed E-state index contributed by atoms with van der Waals surface area (Å²) in [5.41, 5.74) is 1.23. The Morgan fingerprint density at radius 1 is 1.00 bits per heavy atom. The Morgan fingerprint density at radius 2 is 1.83 bits per heavy atom. The average Bonchev–Trinajstić information content (AvgIpc) is 2.99. The average molecular weight is 450 g/mol. The Balaban J connectivity index is 1.55. The van der Waals surface area contributed by atoms with Crippen molar-refractivity contribution >= 4 is 46.7 Å². The molecule has 29 heavy (non-hydrogen) atoms. The fraction of sp³-hybridized carbons (Fsp3) is 0.0455. The number of ether oxygens (including phenoxy) is 2. The van der Waals surface area contributed by atoms with Crippen LogP contribution in [0.3, 0.4) is 0 Å². The van der Waals surface area contributed by atoms with Crippen molar-refractivity contribution in [3.63, 3.8) is 0 Å². The van der Waals surface area contributed by atoms with Crippen LogP contribution in [0.2, 0.25) is 15.1 Å². The third kappa shape index (κ3) is 4.10. The molecule has 0 unspecified atom stereocenters. The second kappa shape index (κ2) is 8.07. The summed E-state index contributed by atoms with van der Waals surface area (Å²) in [4.78, 5) is 12.6. The zero-order chi connectivity index (χ0) is 20.5. The molecule has 0 amide bonds. The van der Waals surface area contributed by atoms with Crippen LogP contribution in [-0.4, -0.2) is 5.78 Å². The summed E-state index contributed by atoms with van der Waals surface area (Å²) in [6, 6.07) is 14.3. The molecule has 0 atom stereocenters. The molecule has 3 aromatic rings. The van der Waals surface area contributed by atoms with Crippen LogP contribution in [0.1, 0.15) is 21.5 Å². The topological polar surface area (TPSA) is 35.5 Å². The summed E-state index contributed by atoms with van der Waals surface area (Å²) in [5, 5.41) is 1.23. The van der Waals surface area contributed by atoms with E-state index in [1.807, 2.05) is 0 Å². The minimum Gasteiger partial charge on any atom is -0.489 e. The summed E-state index contributed by atoms with van der Waals surface area (Å²) in [6.45, 7) is 0.219. The first-order valence-corrected chi connectivity index (χ1v) is 9.65. The number of carbonyl (C=O) groups is 1. The normalized spacial score (nSPS) is 14.1. The zero-order valence-corrected chi connectivity index (χ0v) is 17.0. The van der Waals surface area contributed by atoms with Gasteiger partial charge in [-0.25, -0.2) is 4.39 Å². The van der Waals surface area contributed by atoms with Gasteiger partial charge in [0, 0.05) is 27.2 Å². The third-order valence-corrected chi connectivity index (χ3v) is 5.24. The molecule has 0 bridgehead atoms. The van der Waals surface area contributed by atoms with Crippen molar-refractivity contribution in [1.29, 1.82) is 0 Å². The predicted molar refractivity (Wildman–Crippen MR) is 112 cm³/mol. The van der Waals surface area contributed by atoms with Crippen LogP contribution in [0.4, 0.5) is 4.39 Å². The first-order chi connectivity index (χ1) is 13.9. The molecule has 1 aliphatic rings. The van der Waals surface area contributed by atoms with Gasteiger partial charge in [0.05, 0.1) is 10.6 Å². The van der Waals surface area contributed by atoms with E-state index in [1.165, 1.54) is 24.3 Å². The lowest BCUT2D eigenvalue weighted by molar-refractivity contribution is 0.101. The van der Waals surface area contributed by atoms with E-state index >= 15 is 0 Å². The molecule has 3 aromatic carbocycles. The molecule has 7 heteroatoms. The van der Waals surface area contributed by atoms with E-state index in [2.05, 4.69) is 0 Å². The highest BCUT2D eigenvalue weighted by atomic mass is 35.5. The molecule has 0 saturated heterocycles. The number of ketones is 1. The Kier molecular flexibility index (Phi) is 5.50. The predicted octanol–water partition coefficient (Wildman–Crippen LogP) is 6.98. The number of hydrogen-bond acceptors (Lipinski definition) is 3. The maximum absolute atomic E-state index is 14.0. The van der Waals surface area contributed by atoms with E-state index in [0.717, 1.165) is 5.56 Å². The Bertz CT molecular complexity index is 1140. The van der Waals surface area contributed by atoms with Crippen molar-refractivity contribution in [3.8, 4) is 11.5 Å². The van der Waals surface area contributed by atoms with E-state index in [9.17, 15) is 9.18 Å². The van der Waals surface area contributed by atoms with Crippen LogP contribution in [-0.2, 0) is 6.61 Å².